The van der Waals surface area contributed by atoms with Gasteiger partial charge in [-0.3, -0.25) is 14.5 Å². The molecule has 1 atom stereocenters. The molecule has 0 aromatic heterocycles. The fourth-order valence-corrected chi connectivity index (χ4v) is 4.65. The minimum atomic E-state index is -1.55. The average Bonchev–Trinajstić information content (AvgIpc) is 3.50. The Morgan fingerprint density at radius 3 is 2.67 bits per heavy atom. The van der Waals surface area contributed by atoms with Crippen molar-refractivity contribution in [3.05, 3.63) is 64.4 Å². The number of carbonyl (C=O) groups is 3. The molecular weight excluding hydrogens is 411 g/mol. The Morgan fingerprint density at radius 2 is 1.93 bits per heavy atom. The third kappa shape index (κ3) is 2.65. The van der Waals surface area contributed by atoms with Crippen LogP contribution < -0.4 is 4.90 Å². The Hall–Kier alpha value is -2.93. The maximum absolute atomic E-state index is 14.1. The zero-order chi connectivity index (χ0) is 21.0. The van der Waals surface area contributed by atoms with E-state index < -0.39 is 17.4 Å². The van der Waals surface area contributed by atoms with Crippen molar-refractivity contribution >= 4 is 35.1 Å². The van der Waals surface area contributed by atoms with Crippen molar-refractivity contribution < 1.29 is 23.5 Å². The van der Waals surface area contributed by atoms with Crippen LogP contribution in [0.15, 0.2) is 42.5 Å². The number of amides is 2. The van der Waals surface area contributed by atoms with E-state index in [1.807, 2.05) is 0 Å². The lowest BCUT2D eigenvalue weighted by Crippen LogP contribution is -2.69. The predicted molar refractivity (Wildman–Crippen MR) is 106 cm³/mol. The first-order chi connectivity index (χ1) is 14.4. The first-order valence-electron chi connectivity index (χ1n) is 9.81. The van der Waals surface area contributed by atoms with Crippen LogP contribution in [0.1, 0.15) is 41.6 Å². The lowest BCUT2D eigenvalue weighted by molar-refractivity contribution is -0.159. The van der Waals surface area contributed by atoms with Crippen LogP contribution in [0.2, 0.25) is 5.02 Å². The summed E-state index contributed by atoms with van der Waals surface area (Å²) in [5.74, 6) is -1.87. The second-order valence-electron chi connectivity index (χ2n) is 7.75. The average molecular weight is 429 g/mol. The smallest absolute Gasteiger partial charge is 0.354 e. The van der Waals surface area contributed by atoms with Crippen LogP contribution in [-0.4, -0.2) is 34.4 Å². The zero-order valence-corrected chi connectivity index (χ0v) is 16.7. The number of halogens is 2. The second kappa shape index (κ2) is 6.80. The molecule has 30 heavy (non-hydrogen) atoms. The van der Waals surface area contributed by atoms with Crippen molar-refractivity contribution in [1.82, 2.24) is 4.90 Å². The van der Waals surface area contributed by atoms with E-state index in [1.54, 1.807) is 24.3 Å². The fourth-order valence-electron chi connectivity index (χ4n) is 4.44. The van der Waals surface area contributed by atoms with Crippen LogP contribution in [0.3, 0.4) is 0 Å². The van der Waals surface area contributed by atoms with Crippen molar-refractivity contribution in [3.8, 4) is 0 Å². The topological polar surface area (TPSA) is 66.9 Å². The number of ether oxygens (including phenoxy) is 1. The summed E-state index contributed by atoms with van der Waals surface area (Å²) < 4.78 is 19.6. The van der Waals surface area contributed by atoms with Crippen molar-refractivity contribution in [1.29, 1.82) is 0 Å². The van der Waals surface area contributed by atoms with Crippen molar-refractivity contribution in [2.45, 2.75) is 44.0 Å². The molecule has 2 aliphatic heterocycles. The highest BCUT2D eigenvalue weighted by atomic mass is 35.5. The lowest BCUT2D eigenvalue weighted by Gasteiger charge is -2.48. The highest BCUT2D eigenvalue weighted by Crippen LogP contribution is 2.49. The zero-order valence-electron chi connectivity index (χ0n) is 15.9. The van der Waals surface area contributed by atoms with Crippen LogP contribution >= 0.6 is 11.6 Å². The largest absolute Gasteiger partial charge is 0.457 e. The number of hydrogen-bond acceptors (Lipinski definition) is 4. The standard InChI is InChI=1S/C22H18ClFN2O4/c23-16-5-3-6-17(24)15(16)12-30-21(29)22-11-10-19(27)26(22)18-7-2-1-4-14(18)20(28)25(22)13-8-9-13/h1-7,13H,8-12H2/t22-/m0/s1. The maximum atomic E-state index is 14.1. The molecular formula is C22H18ClFN2O4. The molecule has 8 heteroatoms. The molecule has 2 amide bonds. The summed E-state index contributed by atoms with van der Waals surface area (Å²) in [5, 5.41) is 0.142. The van der Waals surface area contributed by atoms with Gasteiger partial charge < -0.3 is 9.64 Å². The minimum absolute atomic E-state index is 0.0558. The summed E-state index contributed by atoms with van der Waals surface area (Å²) in [6, 6.07) is 10.8. The summed E-state index contributed by atoms with van der Waals surface area (Å²) in [4.78, 5) is 42.6. The first kappa shape index (κ1) is 19.1. The van der Waals surface area contributed by atoms with E-state index in [0.717, 1.165) is 12.8 Å². The van der Waals surface area contributed by atoms with Crippen LogP contribution in [0.25, 0.3) is 0 Å². The van der Waals surface area contributed by atoms with Gasteiger partial charge in [0.15, 0.2) is 0 Å². The number of rotatable bonds is 4. The van der Waals surface area contributed by atoms with E-state index in [9.17, 15) is 18.8 Å². The summed E-state index contributed by atoms with van der Waals surface area (Å²) in [7, 11) is 0. The van der Waals surface area contributed by atoms with Gasteiger partial charge in [-0.15, -0.1) is 0 Å². The molecule has 2 heterocycles. The summed E-state index contributed by atoms with van der Waals surface area (Å²) in [6.07, 6.45) is 1.75. The Labute approximate surface area is 177 Å². The van der Waals surface area contributed by atoms with E-state index in [2.05, 4.69) is 0 Å². The molecule has 1 saturated carbocycles. The molecule has 0 spiro atoms. The van der Waals surface area contributed by atoms with Gasteiger partial charge in [-0.2, -0.15) is 0 Å². The third-order valence-corrected chi connectivity index (χ3v) is 6.30. The normalized spacial score (nSPS) is 22.7. The molecule has 2 aromatic carbocycles. The van der Waals surface area contributed by atoms with Crippen LogP contribution in [0, 0.1) is 5.82 Å². The highest BCUT2D eigenvalue weighted by molar-refractivity contribution is 6.31. The maximum Gasteiger partial charge on any atom is 0.354 e. The molecule has 1 aliphatic carbocycles. The Morgan fingerprint density at radius 1 is 1.17 bits per heavy atom. The van der Waals surface area contributed by atoms with Gasteiger partial charge in [-0.05, 0) is 37.1 Å². The molecule has 5 rings (SSSR count). The van der Waals surface area contributed by atoms with Crippen molar-refractivity contribution in [2.24, 2.45) is 0 Å². The number of fused-ring (bicyclic) bond motifs is 3. The fraction of sp³-hybridized carbons (Fsp3) is 0.318. The quantitative estimate of drug-likeness (QED) is 0.697. The van der Waals surface area contributed by atoms with Gasteiger partial charge in [0, 0.05) is 24.4 Å². The molecule has 0 N–H and O–H groups in total. The third-order valence-electron chi connectivity index (χ3n) is 5.95. The van der Waals surface area contributed by atoms with E-state index in [1.165, 1.54) is 28.0 Å². The first-order valence-corrected chi connectivity index (χ1v) is 10.2. The number of carbonyl (C=O) groups excluding carboxylic acids is 3. The monoisotopic (exact) mass is 428 g/mol. The van der Waals surface area contributed by atoms with Gasteiger partial charge in [-0.25, -0.2) is 9.18 Å². The van der Waals surface area contributed by atoms with Gasteiger partial charge in [0.2, 0.25) is 11.6 Å². The van der Waals surface area contributed by atoms with E-state index in [-0.39, 0.29) is 47.9 Å². The summed E-state index contributed by atoms with van der Waals surface area (Å²) in [5.41, 5.74) is -0.704. The summed E-state index contributed by atoms with van der Waals surface area (Å²) >= 11 is 6.05. The van der Waals surface area contributed by atoms with Gasteiger partial charge >= 0.3 is 5.97 Å². The number of esters is 1. The molecule has 0 radical (unpaired) electrons. The van der Waals surface area contributed by atoms with Crippen LogP contribution in [-0.2, 0) is 20.9 Å². The molecule has 3 aliphatic rings. The number of hydrogen-bond donors (Lipinski definition) is 0. The number of anilines is 1. The SMILES string of the molecule is O=C1CC[C@@]2(C(=O)OCc3c(F)cccc3Cl)N1c1ccccc1C(=O)N2C1CC1. The van der Waals surface area contributed by atoms with Gasteiger partial charge in [0.1, 0.15) is 12.4 Å². The van der Waals surface area contributed by atoms with Gasteiger partial charge in [0.05, 0.1) is 16.3 Å². The summed E-state index contributed by atoms with van der Waals surface area (Å²) in [6.45, 7) is -0.386. The van der Waals surface area contributed by atoms with Crippen LogP contribution in [0.5, 0.6) is 0 Å². The van der Waals surface area contributed by atoms with E-state index in [4.69, 9.17) is 16.3 Å². The van der Waals surface area contributed by atoms with Gasteiger partial charge in [0.25, 0.3) is 5.91 Å². The van der Waals surface area contributed by atoms with Crippen molar-refractivity contribution in [2.75, 3.05) is 4.90 Å². The number of para-hydroxylation sites is 1. The molecule has 6 nitrogen and oxygen atoms in total. The highest BCUT2D eigenvalue weighted by Gasteiger charge is 2.64. The molecule has 0 unspecified atom stereocenters. The second-order valence-corrected chi connectivity index (χ2v) is 8.15. The molecule has 154 valence electrons. The number of nitrogens with zero attached hydrogens (tertiary/aromatic N) is 2. The van der Waals surface area contributed by atoms with E-state index in [0.29, 0.717) is 11.3 Å². The molecule has 2 fully saturated rings. The predicted octanol–water partition coefficient (Wildman–Crippen LogP) is 3.66. The molecule has 2 aromatic rings. The van der Waals surface area contributed by atoms with Crippen molar-refractivity contribution in [3.63, 3.8) is 0 Å². The van der Waals surface area contributed by atoms with Gasteiger partial charge in [-0.1, -0.05) is 29.8 Å². The molecule has 1 saturated heterocycles. The lowest BCUT2D eigenvalue weighted by atomic mass is 9.96. The van der Waals surface area contributed by atoms with E-state index >= 15 is 0 Å². The molecule has 0 bridgehead atoms. The Kier molecular flexibility index (Phi) is 4.32. The van der Waals surface area contributed by atoms with Crippen LogP contribution in [0.4, 0.5) is 10.1 Å². The Bertz CT molecular complexity index is 1070. The Balaban J connectivity index is 1.56. The number of benzene rings is 2. The minimum Gasteiger partial charge on any atom is -0.457 e.